The van der Waals surface area contributed by atoms with Crippen LogP contribution < -0.4 is 10.6 Å². The number of carbonyl (C=O) groups excluding carboxylic acids is 2. The Hall–Kier alpha value is -2.93. The molecule has 1 fully saturated rings. The number of carbonyl (C=O) groups is 2. The molecule has 0 saturated heterocycles. The maximum atomic E-state index is 12.5. The Bertz CT molecular complexity index is 1080. The van der Waals surface area contributed by atoms with Gasteiger partial charge in [-0.05, 0) is 84.6 Å². The van der Waals surface area contributed by atoms with Crippen LogP contribution in [0, 0.1) is 13.8 Å². The number of hydrogen-bond acceptors (Lipinski definition) is 3. The van der Waals surface area contributed by atoms with Crippen molar-refractivity contribution in [3.05, 3.63) is 81.1 Å². The molecule has 0 spiro atoms. The van der Waals surface area contributed by atoms with Crippen LogP contribution >= 0.6 is 15.9 Å². The van der Waals surface area contributed by atoms with Crippen LogP contribution in [0.3, 0.4) is 0 Å². The van der Waals surface area contributed by atoms with E-state index in [4.69, 9.17) is 0 Å². The quantitative estimate of drug-likeness (QED) is 0.574. The van der Waals surface area contributed by atoms with Crippen molar-refractivity contribution in [1.29, 1.82) is 0 Å². The van der Waals surface area contributed by atoms with Gasteiger partial charge in [0.15, 0.2) is 0 Å². The van der Waals surface area contributed by atoms with Crippen molar-refractivity contribution in [2.45, 2.75) is 39.3 Å². The van der Waals surface area contributed by atoms with Crippen molar-refractivity contribution in [3.8, 4) is 5.69 Å². The molecule has 1 aliphatic rings. The second-order valence-electron chi connectivity index (χ2n) is 7.57. The topological polar surface area (TPSA) is 76.0 Å². The summed E-state index contributed by atoms with van der Waals surface area (Å²) in [7, 11) is 0. The highest BCUT2D eigenvalue weighted by Crippen LogP contribution is 2.23. The first-order valence-corrected chi connectivity index (χ1v) is 10.7. The largest absolute Gasteiger partial charge is 0.349 e. The Morgan fingerprint density at radius 1 is 1.00 bits per heavy atom. The highest BCUT2D eigenvalue weighted by Gasteiger charge is 2.23. The second kappa shape index (κ2) is 8.44. The number of nitrogens with one attached hydrogen (secondary N) is 2. The molecule has 1 heterocycles. The van der Waals surface area contributed by atoms with Crippen molar-refractivity contribution in [3.63, 3.8) is 0 Å². The number of aromatic nitrogens is 2. The fraction of sp³-hybridized carbons (Fsp3) is 0.261. The Labute approximate surface area is 183 Å². The molecular weight excluding hydrogens is 444 g/mol. The third-order valence-corrected chi connectivity index (χ3v) is 6.31. The Morgan fingerprint density at radius 2 is 1.60 bits per heavy atom. The van der Waals surface area contributed by atoms with E-state index in [-0.39, 0.29) is 11.8 Å². The van der Waals surface area contributed by atoms with E-state index in [1.54, 1.807) is 24.3 Å². The fourth-order valence-electron chi connectivity index (χ4n) is 3.18. The minimum atomic E-state index is -0.147. The predicted octanol–water partition coefficient (Wildman–Crippen LogP) is 4.07. The lowest BCUT2D eigenvalue weighted by molar-refractivity contribution is 0.0941. The molecule has 7 heteroatoms. The molecule has 2 N–H and O–H groups in total. The molecule has 1 aromatic heterocycles. The summed E-state index contributed by atoms with van der Waals surface area (Å²) in [4.78, 5) is 24.5. The average Bonchev–Trinajstić information content (AvgIpc) is 3.54. The van der Waals surface area contributed by atoms with E-state index in [1.807, 2.05) is 42.8 Å². The van der Waals surface area contributed by atoms with Crippen LogP contribution in [0.1, 0.15) is 50.5 Å². The molecule has 0 radical (unpaired) electrons. The minimum absolute atomic E-state index is 0.0391. The van der Waals surface area contributed by atoms with Gasteiger partial charge in [0.05, 0.1) is 21.5 Å². The van der Waals surface area contributed by atoms with Crippen molar-refractivity contribution in [2.24, 2.45) is 0 Å². The van der Waals surface area contributed by atoms with Crippen molar-refractivity contribution in [2.75, 3.05) is 0 Å². The molecule has 154 valence electrons. The number of halogens is 1. The molecule has 0 atom stereocenters. The monoisotopic (exact) mass is 466 g/mol. The number of rotatable bonds is 6. The summed E-state index contributed by atoms with van der Waals surface area (Å²) in [5, 5.41) is 10.4. The molecule has 0 bridgehead atoms. The van der Waals surface area contributed by atoms with Crippen LogP contribution in [0.2, 0.25) is 0 Å². The average molecular weight is 467 g/mol. The third-order valence-electron chi connectivity index (χ3n) is 5.16. The lowest BCUT2D eigenvalue weighted by atomic mass is 10.1. The number of hydrogen-bond donors (Lipinski definition) is 2. The van der Waals surface area contributed by atoms with E-state index in [2.05, 4.69) is 31.7 Å². The highest BCUT2D eigenvalue weighted by atomic mass is 79.9. The molecule has 1 aliphatic carbocycles. The molecule has 0 aliphatic heterocycles. The zero-order valence-electron chi connectivity index (χ0n) is 16.9. The van der Waals surface area contributed by atoms with Crippen LogP contribution in [0.4, 0.5) is 0 Å². The van der Waals surface area contributed by atoms with Gasteiger partial charge in [-0.25, -0.2) is 4.68 Å². The SMILES string of the molecule is Cc1nn(-c2ccc(C(=O)NCc3ccc(C(=O)NC4CC4)cc3)cc2)c(C)c1Br. The van der Waals surface area contributed by atoms with Gasteiger partial charge in [0.25, 0.3) is 11.8 Å². The van der Waals surface area contributed by atoms with Gasteiger partial charge in [-0.3, -0.25) is 9.59 Å². The Balaban J connectivity index is 1.35. The zero-order chi connectivity index (χ0) is 21.3. The van der Waals surface area contributed by atoms with E-state index in [1.165, 1.54) is 0 Å². The molecular formula is C23H23BrN4O2. The number of nitrogens with zero attached hydrogens (tertiary/aromatic N) is 2. The zero-order valence-corrected chi connectivity index (χ0v) is 18.5. The van der Waals surface area contributed by atoms with Crippen LogP contribution in [0.15, 0.2) is 53.0 Å². The first-order chi connectivity index (χ1) is 14.4. The molecule has 30 heavy (non-hydrogen) atoms. The van der Waals surface area contributed by atoms with Crippen LogP contribution in [-0.4, -0.2) is 27.6 Å². The van der Waals surface area contributed by atoms with Crippen molar-refractivity contribution < 1.29 is 9.59 Å². The number of benzene rings is 2. The molecule has 0 unspecified atom stereocenters. The smallest absolute Gasteiger partial charge is 0.251 e. The van der Waals surface area contributed by atoms with E-state index in [0.717, 1.165) is 40.0 Å². The minimum Gasteiger partial charge on any atom is -0.349 e. The summed E-state index contributed by atoms with van der Waals surface area (Å²) in [5.74, 6) is -0.186. The molecule has 6 nitrogen and oxygen atoms in total. The van der Waals surface area contributed by atoms with Crippen molar-refractivity contribution >= 4 is 27.7 Å². The summed E-state index contributed by atoms with van der Waals surface area (Å²) in [5.41, 5.74) is 5.00. The maximum absolute atomic E-state index is 12.5. The van der Waals surface area contributed by atoms with Gasteiger partial charge in [0.2, 0.25) is 0 Å². The standard InChI is InChI=1S/C23H23BrN4O2/c1-14-21(24)15(2)28(27-14)20-11-7-17(8-12-20)22(29)25-13-16-3-5-18(6-4-16)23(30)26-19-9-10-19/h3-8,11-12,19H,9-10,13H2,1-2H3,(H,25,29)(H,26,30). The number of amides is 2. The van der Waals surface area contributed by atoms with Crippen LogP contribution in [0.25, 0.3) is 5.69 Å². The Kier molecular flexibility index (Phi) is 5.72. The fourth-order valence-corrected chi connectivity index (χ4v) is 3.43. The van der Waals surface area contributed by atoms with Gasteiger partial charge in [0.1, 0.15) is 0 Å². The van der Waals surface area contributed by atoms with E-state index < -0.39 is 0 Å². The summed E-state index contributed by atoms with van der Waals surface area (Å²) in [6, 6.07) is 15.0. The first-order valence-electron chi connectivity index (χ1n) is 9.92. The van der Waals surface area contributed by atoms with Crippen LogP contribution in [-0.2, 0) is 6.54 Å². The van der Waals surface area contributed by atoms with Gasteiger partial charge in [0, 0.05) is 23.7 Å². The van der Waals surface area contributed by atoms with Gasteiger partial charge < -0.3 is 10.6 Å². The first kappa shape index (κ1) is 20.3. The third kappa shape index (κ3) is 4.46. The predicted molar refractivity (Wildman–Crippen MR) is 119 cm³/mol. The second-order valence-corrected chi connectivity index (χ2v) is 8.36. The van der Waals surface area contributed by atoms with Crippen molar-refractivity contribution in [1.82, 2.24) is 20.4 Å². The van der Waals surface area contributed by atoms with E-state index in [0.29, 0.717) is 23.7 Å². The lowest BCUT2D eigenvalue weighted by Gasteiger charge is -2.09. The van der Waals surface area contributed by atoms with Gasteiger partial charge in [-0.15, -0.1) is 0 Å². The summed E-state index contributed by atoms with van der Waals surface area (Å²) in [6.07, 6.45) is 2.13. The molecule has 4 rings (SSSR count). The number of aryl methyl sites for hydroxylation is 1. The summed E-state index contributed by atoms with van der Waals surface area (Å²) in [6.45, 7) is 4.34. The van der Waals surface area contributed by atoms with E-state index in [9.17, 15) is 9.59 Å². The Morgan fingerprint density at radius 3 is 2.17 bits per heavy atom. The van der Waals surface area contributed by atoms with Gasteiger partial charge in [-0.2, -0.15) is 5.10 Å². The maximum Gasteiger partial charge on any atom is 0.251 e. The normalized spacial score (nSPS) is 13.2. The summed E-state index contributed by atoms with van der Waals surface area (Å²) >= 11 is 3.53. The van der Waals surface area contributed by atoms with Gasteiger partial charge in [-0.1, -0.05) is 12.1 Å². The molecule has 2 amide bonds. The van der Waals surface area contributed by atoms with Crippen LogP contribution in [0.5, 0.6) is 0 Å². The molecule has 1 saturated carbocycles. The lowest BCUT2D eigenvalue weighted by Crippen LogP contribution is -2.25. The highest BCUT2D eigenvalue weighted by molar-refractivity contribution is 9.10. The molecule has 3 aromatic rings. The molecule has 2 aromatic carbocycles. The summed E-state index contributed by atoms with van der Waals surface area (Å²) < 4.78 is 2.84. The van der Waals surface area contributed by atoms with E-state index >= 15 is 0 Å². The van der Waals surface area contributed by atoms with Gasteiger partial charge >= 0.3 is 0 Å².